The second-order valence-corrected chi connectivity index (χ2v) is 5.21. The monoisotopic (exact) mass is 268 g/mol. The molecule has 0 aliphatic carbocycles. The largest absolute Gasteiger partial charge is 0.479 e. The molecule has 0 heterocycles. The molecule has 0 spiro atoms. The van der Waals surface area contributed by atoms with Crippen LogP contribution in [0.3, 0.4) is 0 Å². The van der Waals surface area contributed by atoms with Crippen LogP contribution in [0.2, 0.25) is 0 Å². The Morgan fingerprint density at radius 3 is 2.37 bits per heavy atom. The molecule has 1 unspecified atom stereocenters. The molecular formula is C13H20N2O4. The van der Waals surface area contributed by atoms with Gasteiger partial charge < -0.3 is 20.0 Å². The number of carboxylic acids is 1. The lowest BCUT2D eigenvalue weighted by atomic mass is 10.0. The Hall–Kier alpha value is -2.03. The fourth-order valence-electron chi connectivity index (χ4n) is 1.14. The zero-order valence-corrected chi connectivity index (χ0v) is 11.7. The zero-order chi connectivity index (χ0) is 15.1. The van der Waals surface area contributed by atoms with Crippen LogP contribution in [-0.4, -0.2) is 34.9 Å². The van der Waals surface area contributed by atoms with Crippen molar-refractivity contribution < 1.29 is 19.4 Å². The summed E-state index contributed by atoms with van der Waals surface area (Å²) in [6, 6.07) is 0. The predicted molar refractivity (Wildman–Crippen MR) is 70.6 cm³/mol. The summed E-state index contributed by atoms with van der Waals surface area (Å²) >= 11 is 0. The quantitative estimate of drug-likeness (QED) is 0.455. The van der Waals surface area contributed by atoms with Gasteiger partial charge in [-0.15, -0.1) is 0 Å². The van der Waals surface area contributed by atoms with E-state index in [1.807, 2.05) is 0 Å². The van der Waals surface area contributed by atoms with E-state index in [0.717, 1.165) is 0 Å². The Balaban J connectivity index is 4.73. The lowest BCUT2D eigenvalue weighted by Crippen LogP contribution is -2.52. The number of hydrogen-bond acceptors (Lipinski definition) is 3. The number of aliphatic carboxylic acids is 1. The van der Waals surface area contributed by atoms with Gasteiger partial charge in [-0.25, -0.2) is 16.2 Å². The topological polar surface area (TPSA) is 80.0 Å². The van der Waals surface area contributed by atoms with Crippen molar-refractivity contribution in [1.82, 2.24) is 5.32 Å². The van der Waals surface area contributed by atoms with Gasteiger partial charge in [0.2, 0.25) is 6.54 Å². The highest BCUT2D eigenvalue weighted by atomic mass is 16.6. The minimum absolute atomic E-state index is 0.276. The third-order valence-electron chi connectivity index (χ3n) is 2.06. The number of carbonyl (C=O) groups excluding carboxylic acids is 1. The normalized spacial score (nSPS) is 14.5. The van der Waals surface area contributed by atoms with Crippen LogP contribution in [0, 0.1) is 6.57 Å². The second kappa shape index (κ2) is 6.78. The molecule has 19 heavy (non-hydrogen) atoms. The number of ether oxygens (including phenoxy) is 1. The Labute approximate surface area is 113 Å². The van der Waals surface area contributed by atoms with Crippen LogP contribution in [0.5, 0.6) is 0 Å². The maximum Gasteiger partial charge on any atom is 0.408 e. The van der Waals surface area contributed by atoms with Crippen molar-refractivity contribution in [3.05, 3.63) is 23.6 Å². The van der Waals surface area contributed by atoms with Crippen LogP contribution < -0.4 is 5.32 Å². The number of nitrogens with one attached hydrogen (secondary N) is 1. The number of nitrogens with zero attached hydrogens (tertiary/aromatic N) is 1. The van der Waals surface area contributed by atoms with Gasteiger partial charge in [-0.1, -0.05) is 12.2 Å². The van der Waals surface area contributed by atoms with Crippen molar-refractivity contribution in [3.8, 4) is 0 Å². The first-order valence-electron chi connectivity index (χ1n) is 5.86. The summed E-state index contributed by atoms with van der Waals surface area (Å²) in [6.45, 7) is 13.3. The standard InChI is InChI=1S/C13H20N2O4/c1-12(2,3)19-11(18)15-13(4,10(16)17)8-6-7-9-14-5/h6,8H,7,9H2,1-4H3,(H,15,18)(H,16,17)/b8-6+. The molecule has 0 fully saturated rings. The summed E-state index contributed by atoms with van der Waals surface area (Å²) in [7, 11) is 0. The molecular weight excluding hydrogens is 248 g/mol. The lowest BCUT2D eigenvalue weighted by Gasteiger charge is -2.26. The van der Waals surface area contributed by atoms with E-state index < -0.39 is 23.2 Å². The third-order valence-corrected chi connectivity index (χ3v) is 2.06. The van der Waals surface area contributed by atoms with Gasteiger partial charge in [0, 0.05) is 6.42 Å². The zero-order valence-electron chi connectivity index (χ0n) is 11.7. The molecule has 0 aromatic carbocycles. The first-order chi connectivity index (χ1) is 8.60. The molecule has 6 nitrogen and oxygen atoms in total. The van der Waals surface area contributed by atoms with E-state index in [4.69, 9.17) is 16.4 Å². The molecule has 0 aliphatic heterocycles. The average molecular weight is 268 g/mol. The van der Waals surface area contributed by atoms with E-state index >= 15 is 0 Å². The molecule has 1 atom stereocenters. The Morgan fingerprint density at radius 1 is 1.37 bits per heavy atom. The molecule has 0 radical (unpaired) electrons. The van der Waals surface area contributed by atoms with Gasteiger partial charge >= 0.3 is 12.1 Å². The molecule has 6 heteroatoms. The minimum Gasteiger partial charge on any atom is -0.479 e. The summed E-state index contributed by atoms with van der Waals surface area (Å²) in [5, 5.41) is 11.5. The van der Waals surface area contributed by atoms with Gasteiger partial charge in [-0.05, 0) is 27.7 Å². The summed E-state index contributed by atoms with van der Waals surface area (Å²) in [5.41, 5.74) is -2.25. The minimum atomic E-state index is -1.55. The Bertz CT molecular complexity index is 404. The number of carboxylic acid groups (broad SMARTS) is 1. The van der Waals surface area contributed by atoms with Crippen molar-refractivity contribution >= 4 is 12.1 Å². The molecule has 1 amide bonds. The molecule has 2 N–H and O–H groups in total. The van der Waals surface area contributed by atoms with E-state index in [1.54, 1.807) is 26.8 Å². The van der Waals surface area contributed by atoms with Crippen LogP contribution in [0.25, 0.3) is 4.85 Å². The maximum atomic E-state index is 11.6. The number of alkyl carbamates (subject to hydrolysis) is 1. The van der Waals surface area contributed by atoms with Gasteiger partial charge in [0.15, 0.2) is 5.54 Å². The van der Waals surface area contributed by atoms with Crippen molar-refractivity contribution in [2.45, 2.75) is 45.3 Å². The van der Waals surface area contributed by atoms with Crippen LogP contribution in [-0.2, 0) is 9.53 Å². The third kappa shape index (κ3) is 7.09. The van der Waals surface area contributed by atoms with Crippen molar-refractivity contribution in [1.29, 1.82) is 0 Å². The molecule has 0 saturated carbocycles. The average Bonchev–Trinajstić information content (AvgIpc) is 2.21. The summed E-state index contributed by atoms with van der Waals surface area (Å²) in [6.07, 6.45) is 2.54. The van der Waals surface area contributed by atoms with Crippen LogP contribution in [0.4, 0.5) is 4.79 Å². The van der Waals surface area contributed by atoms with Gasteiger partial charge in [-0.3, -0.25) is 0 Å². The molecule has 0 saturated heterocycles. The number of carbonyl (C=O) groups is 2. The second-order valence-electron chi connectivity index (χ2n) is 5.21. The number of hydrogen-bond donors (Lipinski definition) is 2. The Kier molecular flexibility index (Phi) is 6.06. The smallest absolute Gasteiger partial charge is 0.408 e. The van der Waals surface area contributed by atoms with Crippen LogP contribution >= 0.6 is 0 Å². The first kappa shape index (κ1) is 17.0. The predicted octanol–water partition coefficient (Wildman–Crippen LogP) is 2.22. The highest BCUT2D eigenvalue weighted by Gasteiger charge is 2.33. The van der Waals surface area contributed by atoms with Crippen LogP contribution in [0.15, 0.2) is 12.2 Å². The van der Waals surface area contributed by atoms with E-state index in [9.17, 15) is 9.59 Å². The molecule has 0 rings (SSSR count). The molecule has 0 aromatic heterocycles. The fourth-order valence-corrected chi connectivity index (χ4v) is 1.14. The maximum absolute atomic E-state index is 11.6. The van der Waals surface area contributed by atoms with Gasteiger partial charge in [-0.2, -0.15) is 0 Å². The highest BCUT2D eigenvalue weighted by Crippen LogP contribution is 2.11. The molecule has 106 valence electrons. The van der Waals surface area contributed by atoms with Crippen molar-refractivity contribution in [3.63, 3.8) is 0 Å². The van der Waals surface area contributed by atoms with Crippen LogP contribution in [0.1, 0.15) is 34.1 Å². The Morgan fingerprint density at radius 2 is 1.95 bits per heavy atom. The highest BCUT2D eigenvalue weighted by molar-refractivity contribution is 5.86. The first-order valence-corrected chi connectivity index (χ1v) is 5.86. The summed E-state index contributed by atoms with van der Waals surface area (Å²) < 4.78 is 5.02. The van der Waals surface area contributed by atoms with E-state index in [-0.39, 0.29) is 6.54 Å². The van der Waals surface area contributed by atoms with E-state index in [1.165, 1.54) is 13.0 Å². The van der Waals surface area contributed by atoms with Gasteiger partial charge in [0.25, 0.3) is 0 Å². The molecule has 0 aromatic rings. The number of rotatable bonds is 5. The van der Waals surface area contributed by atoms with Crippen molar-refractivity contribution in [2.24, 2.45) is 0 Å². The van der Waals surface area contributed by atoms with Gasteiger partial charge in [0.1, 0.15) is 5.60 Å². The SMILES string of the molecule is [C-]#[N+]CC/C=C/C(C)(NC(=O)OC(C)(C)C)C(=O)O. The van der Waals surface area contributed by atoms with Gasteiger partial charge in [0.05, 0.1) is 0 Å². The number of amides is 1. The lowest BCUT2D eigenvalue weighted by molar-refractivity contribution is -0.142. The summed E-state index contributed by atoms with van der Waals surface area (Å²) in [5.74, 6) is -1.20. The molecule has 0 aliphatic rings. The van der Waals surface area contributed by atoms with E-state index in [0.29, 0.717) is 6.42 Å². The van der Waals surface area contributed by atoms with Crippen molar-refractivity contribution in [2.75, 3.05) is 6.54 Å². The van der Waals surface area contributed by atoms with E-state index in [2.05, 4.69) is 10.2 Å². The molecule has 0 bridgehead atoms. The fraction of sp³-hybridized carbons (Fsp3) is 0.615. The summed E-state index contributed by atoms with van der Waals surface area (Å²) in [4.78, 5) is 25.9.